The number of rotatable bonds is 6. The number of amides is 2. The minimum absolute atomic E-state index is 0.113. The zero-order chi connectivity index (χ0) is 21.8. The summed E-state index contributed by atoms with van der Waals surface area (Å²) in [5.74, 6) is -1.26. The Hall–Kier alpha value is -2.60. The van der Waals surface area contributed by atoms with Crippen LogP contribution in [0.3, 0.4) is 0 Å². The highest BCUT2D eigenvalue weighted by atomic mass is 32.2. The highest BCUT2D eigenvalue weighted by molar-refractivity contribution is 7.98. The molecule has 0 saturated heterocycles. The molecule has 162 valence electrons. The van der Waals surface area contributed by atoms with Crippen LogP contribution in [-0.4, -0.2) is 64.8 Å². The predicted octanol–water partition coefficient (Wildman–Crippen LogP) is 1.29. The Kier molecular flexibility index (Phi) is 6.98. The molecule has 0 bridgehead atoms. The van der Waals surface area contributed by atoms with E-state index >= 15 is 0 Å². The van der Waals surface area contributed by atoms with Gasteiger partial charge in [0.1, 0.15) is 17.1 Å². The van der Waals surface area contributed by atoms with Gasteiger partial charge in [-0.15, -0.1) is 11.8 Å². The van der Waals surface area contributed by atoms with Crippen LogP contribution >= 0.6 is 23.1 Å². The van der Waals surface area contributed by atoms with Gasteiger partial charge in [-0.1, -0.05) is 11.3 Å². The molecule has 1 aliphatic rings. The molecule has 2 aromatic rings. The van der Waals surface area contributed by atoms with Crippen molar-refractivity contribution in [1.29, 1.82) is 0 Å². The lowest BCUT2D eigenvalue weighted by molar-refractivity contribution is -0.141. The Balaban J connectivity index is 1.96. The van der Waals surface area contributed by atoms with Crippen molar-refractivity contribution in [3.05, 3.63) is 26.5 Å². The number of hydrogen-bond donors (Lipinski definition) is 1. The van der Waals surface area contributed by atoms with Crippen molar-refractivity contribution >= 4 is 46.0 Å². The summed E-state index contributed by atoms with van der Waals surface area (Å²) in [5.41, 5.74) is 0.130. The fourth-order valence-electron chi connectivity index (χ4n) is 3.12. The average molecular weight is 455 g/mol. The summed E-state index contributed by atoms with van der Waals surface area (Å²) in [6.07, 6.45) is 1.76. The van der Waals surface area contributed by atoms with Gasteiger partial charge in [-0.2, -0.15) is 0 Å². The summed E-state index contributed by atoms with van der Waals surface area (Å²) < 4.78 is 11.3. The van der Waals surface area contributed by atoms with Crippen molar-refractivity contribution in [2.45, 2.75) is 31.8 Å². The number of carbonyl (C=O) groups excluding carboxylic acids is 3. The van der Waals surface area contributed by atoms with Gasteiger partial charge in [-0.05, 0) is 20.1 Å². The zero-order valence-electron chi connectivity index (χ0n) is 16.9. The van der Waals surface area contributed by atoms with Gasteiger partial charge in [0.05, 0.1) is 19.8 Å². The molecule has 0 radical (unpaired) electrons. The Bertz CT molecular complexity index is 1050. The van der Waals surface area contributed by atoms with Crippen molar-refractivity contribution in [3.8, 4) is 0 Å². The summed E-state index contributed by atoms with van der Waals surface area (Å²) in [4.78, 5) is 56.8. The van der Waals surface area contributed by atoms with Crippen molar-refractivity contribution < 1.29 is 23.9 Å². The van der Waals surface area contributed by atoms with E-state index in [4.69, 9.17) is 9.47 Å². The summed E-state index contributed by atoms with van der Waals surface area (Å²) >= 11 is 2.49. The number of nitrogens with one attached hydrogen (secondary N) is 1. The van der Waals surface area contributed by atoms with Crippen LogP contribution in [0.25, 0.3) is 4.96 Å². The lowest BCUT2D eigenvalue weighted by Crippen LogP contribution is -2.38. The van der Waals surface area contributed by atoms with Gasteiger partial charge in [0.25, 0.3) is 11.5 Å². The first kappa shape index (κ1) is 22.1. The van der Waals surface area contributed by atoms with Crippen LogP contribution in [0.4, 0.5) is 4.79 Å². The Labute approximate surface area is 180 Å². The summed E-state index contributed by atoms with van der Waals surface area (Å²) in [6, 6.07) is 0. The molecule has 0 unspecified atom stereocenters. The van der Waals surface area contributed by atoms with Crippen LogP contribution in [-0.2, 0) is 27.2 Å². The van der Waals surface area contributed by atoms with Gasteiger partial charge in [-0.3, -0.25) is 18.8 Å². The predicted molar refractivity (Wildman–Crippen MR) is 111 cm³/mol. The Morgan fingerprint density at radius 2 is 1.97 bits per heavy atom. The van der Waals surface area contributed by atoms with Gasteiger partial charge < -0.3 is 19.7 Å². The molecule has 3 heterocycles. The largest absolute Gasteiger partial charge is 0.465 e. The third-order valence-corrected chi connectivity index (χ3v) is 6.17. The van der Waals surface area contributed by atoms with Gasteiger partial charge >= 0.3 is 12.1 Å². The fourth-order valence-corrected chi connectivity index (χ4v) is 4.91. The number of esters is 1. The van der Waals surface area contributed by atoms with Crippen LogP contribution in [0.15, 0.2) is 9.82 Å². The maximum atomic E-state index is 13.2. The number of thioether (sulfide) groups is 1. The van der Waals surface area contributed by atoms with E-state index in [1.165, 1.54) is 27.5 Å². The number of carbonyl (C=O) groups is 3. The summed E-state index contributed by atoms with van der Waals surface area (Å²) in [6.45, 7) is 4.29. The number of aromatic nitrogens is 2. The van der Waals surface area contributed by atoms with E-state index in [1.807, 2.05) is 0 Å². The SMILES string of the molecule is CCOC(=O)CNC(=O)c1c(SC)nc2sc3c(n2c1=O)CCN(C(=O)OCC)C3. The molecule has 0 saturated carbocycles. The molecule has 0 aliphatic carbocycles. The molecule has 2 amide bonds. The molecule has 0 fully saturated rings. The zero-order valence-corrected chi connectivity index (χ0v) is 18.5. The van der Waals surface area contributed by atoms with Crippen LogP contribution in [0, 0.1) is 0 Å². The molecule has 0 aromatic carbocycles. The molecule has 1 aliphatic heterocycles. The van der Waals surface area contributed by atoms with Gasteiger partial charge in [0, 0.05) is 23.5 Å². The Morgan fingerprint density at radius 1 is 1.23 bits per heavy atom. The molecule has 10 nitrogen and oxygen atoms in total. The first-order valence-corrected chi connectivity index (χ1v) is 11.4. The highest BCUT2D eigenvalue weighted by Gasteiger charge is 2.29. The molecule has 30 heavy (non-hydrogen) atoms. The summed E-state index contributed by atoms with van der Waals surface area (Å²) in [5, 5.41) is 2.71. The molecular weight excluding hydrogens is 432 g/mol. The van der Waals surface area contributed by atoms with Crippen LogP contribution in [0.2, 0.25) is 0 Å². The number of fused-ring (bicyclic) bond motifs is 3. The van der Waals surface area contributed by atoms with E-state index in [0.717, 1.165) is 10.6 Å². The lowest BCUT2D eigenvalue weighted by atomic mass is 10.2. The lowest BCUT2D eigenvalue weighted by Gasteiger charge is -2.25. The van der Waals surface area contributed by atoms with E-state index in [-0.39, 0.29) is 30.3 Å². The first-order chi connectivity index (χ1) is 14.4. The molecule has 3 rings (SSSR count). The molecule has 2 aromatic heterocycles. The molecule has 1 N–H and O–H groups in total. The number of nitrogens with zero attached hydrogens (tertiary/aromatic N) is 3. The maximum Gasteiger partial charge on any atom is 0.410 e. The van der Waals surface area contributed by atoms with Crippen LogP contribution in [0.1, 0.15) is 34.8 Å². The third-order valence-electron chi connectivity index (χ3n) is 4.42. The maximum absolute atomic E-state index is 13.2. The van der Waals surface area contributed by atoms with Gasteiger partial charge in [-0.25, -0.2) is 9.78 Å². The number of thiazole rings is 1. The second-order valence-corrected chi connectivity index (χ2v) is 8.11. The van der Waals surface area contributed by atoms with E-state index in [9.17, 15) is 19.2 Å². The van der Waals surface area contributed by atoms with Crippen molar-refractivity contribution in [2.75, 3.05) is 32.6 Å². The monoisotopic (exact) mass is 454 g/mol. The van der Waals surface area contributed by atoms with Gasteiger partial charge in [0.2, 0.25) is 0 Å². The molecule has 12 heteroatoms. The van der Waals surface area contributed by atoms with Gasteiger partial charge in [0.15, 0.2) is 4.96 Å². The standard InChI is InChI=1S/C18H22N4O6S2/c1-4-27-12(23)8-19-14(24)13-15(29-3)20-17-22(16(13)25)10-6-7-21(9-11(10)30-17)18(26)28-5-2/h4-9H2,1-3H3,(H,19,24). The minimum atomic E-state index is -0.678. The second-order valence-electron chi connectivity index (χ2n) is 6.25. The molecule has 0 spiro atoms. The van der Waals surface area contributed by atoms with E-state index < -0.39 is 23.5 Å². The Morgan fingerprint density at radius 3 is 2.63 bits per heavy atom. The van der Waals surface area contributed by atoms with Crippen LogP contribution < -0.4 is 10.9 Å². The number of ether oxygens (including phenoxy) is 2. The summed E-state index contributed by atoms with van der Waals surface area (Å²) in [7, 11) is 0. The quantitative estimate of drug-likeness (QED) is 0.394. The van der Waals surface area contributed by atoms with Crippen LogP contribution in [0.5, 0.6) is 0 Å². The highest BCUT2D eigenvalue weighted by Crippen LogP contribution is 2.29. The van der Waals surface area contributed by atoms with Crippen molar-refractivity contribution in [1.82, 2.24) is 19.6 Å². The van der Waals surface area contributed by atoms with E-state index in [2.05, 4.69) is 10.3 Å². The third kappa shape index (κ3) is 4.29. The minimum Gasteiger partial charge on any atom is -0.465 e. The normalized spacial score (nSPS) is 13.1. The van der Waals surface area contributed by atoms with E-state index in [0.29, 0.717) is 24.5 Å². The molecular formula is C18H22N4O6S2. The van der Waals surface area contributed by atoms with Crippen molar-refractivity contribution in [2.24, 2.45) is 0 Å². The molecule has 0 atom stereocenters. The average Bonchev–Trinajstić information content (AvgIpc) is 3.10. The topological polar surface area (TPSA) is 119 Å². The fraction of sp³-hybridized carbons (Fsp3) is 0.500. The second kappa shape index (κ2) is 9.47. The van der Waals surface area contributed by atoms with Crippen molar-refractivity contribution in [3.63, 3.8) is 0 Å². The smallest absolute Gasteiger partial charge is 0.410 e. The number of hydrogen-bond acceptors (Lipinski definition) is 9. The first-order valence-electron chi connectivity index (χ1n) is 9.38. The van der Waals surface area contributed by atoms with E-state index in [1.54, 1.807) is 25.0 Å².